The number of hydrogen-bond donors (Lipinski definition) is 1. The number of aliphatic hydroxyl groups is 1. The number of nitrogens with zero attached hydrogens (tertiary/aromatic N) is 6. The van der Waals surface area contributed by atoms with Crippen LogP contribution < -0.4 is 0 Å². The molecule has 2 aromatic carbocycles. The lowest BCUT2D eigenvalue weighted by atomic mass is 10.0. The summed E-state index contributed by atoms with van der Waals surface area (Å²) in [6, 6.07) is 14.0. The molecule has 1 N–H and O–H groups in total. The molecule has 2 unspecified atom stereocenters. The van der Waals surface area contributed by atoms with E-state index in [9.17, 15) is 19.5 Å². The van der Waals surface area contributed by atoms with Crippen LogP contribution in [0.3, 0.4) is 0 Å². The Hall–Kier alpha value is -4.25. The predicted octanol–water partition coefficient (Wildman–Crippen LogP) is 2.08. The van der Waals surface area contributed by atoms with Gasteiger partial charge in [0, 0.05) is 37.6 Å². The van der Waals surface area contributed by atoms with E-state index in [4.69, 9.17) is 4.74 Å². The standard InChI is InChI=1S/C28H32N6O5/c1-18(35)27(37)32-11-10-19(14-32)15-34-25(36)16-33(28(38)39-3)17-29-26(34)21-6-4-20(5-7-21)22-8-9-24-23(12-22)13-30-31(24)2/h4-9,12-13,18-19,35H,10-11,14-17H2,1-3H3. The number of carbonyl (C=O) groups is 3. The average molecular weight is 533 g/mol. The Morgan fingerprint density at radius 2 is 1.82 bits per heavy atom. The molecule has 3 aromatic rings. The number of rotatable bonds is 5. The van der Waals surface area contributed by atoms with E-state index in [1.54, 1.807) is 9.80 Å². The third-order valence-electron chi connectivity index (χ3n) is 7.33. The second kappa shape index (κ2) is 10.9. The van der Waals surface area contributed by atoms with Gasteiger partial charge >= 0.3 is 6.09 Å². The molecule has 0 bridgehead atoms. The molecule has 3 amide bonds. The fraction of sp³-hybridized carbons (Fsp3) is 0.393. The number of amides is 3. The van der Waals surface area contributed by atoms with Gasteiger partial charge in [0.15, 0.2) is 0 Å². The van der Waals surface area contributed by atoms with Crippen LogP contribution in [-0.2, 0) is 21.4 Å². The van der Waals surface area contributed by atoms with Gasteiger partial charge in [-0.1, -0.05) is 30.3 Å². The third-order valence-corrected chi connectivity index (χ3v) is 7.33. The van der Waals surface area contributed by atoms with Gasteiger partial charge in [0.1, 0.15) is 25.2 Å². The first-order valence-corrected chi connectivity index (χ1v) is 12.9. The number of fused-ring (bicyclic) bond motifs is 1. The van der Waals surface area contributed by atoms with Crippen LogP contribution in [0.1, 0.15) is 18.9 Å². The molecule has 1 aromatic heterocycles. The molecule has 0 aliphatic carbocycles. The predicted molar refractivity (Wildman–Crippen MR) is 145 cm³/mol. The number of carbonyl (C=O) groups excluding carboxylic acids is 3. The van der Waals surface area contributed by atoms with Crippen LogP contribution in [0.4, 0.5) is 4.79 Å². The van der Waals surface area contributed by atoms with Gasteiger partial charge in [-0.05, 0) is 42.5 Å². The zero-order valence-corrected chi connectivity index (χ0v) is 22.3. The zero-order valence-electron chi connectivity index (χ0n) is 22.3. The largest absolute Gasteiger partial charge is 0.453 e. The van der Waals surface area contributed by atoms with Gasteiger partial charge in [0.25, 0.3) is 5.91 Å². The number of aliphatic imine (C=N–C) groups is 1. The summed E-state index contributed by atoms with van der Waals surface area (Å²) in [4.78, 5) is 47.1. The lowest BCUT2D eigenvalue weighted by Crippen LogP contribution is -2.45. The van der Waals surface area contributed by atoms with Crippen molar-refractivity contribution >= 4 is 34.6 Å². The molecular weight excluding hydrogens is 500 g/mol. The van der Waals surface area contributed by atoms with E-state index in [0.29, 0.717) is 31.9 Å². The summed E-state index contributed by atoms with van der Waals surface area (Å²) >= 11 is 0. The van der Waals surface area contributed by atoms with Crippen molar-refractivity contribution in [1.82, 2.24) is 24.5 Å². The lowest BCUT2D eigenvalue weighted by molar-refractivity contribution is -0.138. The van der Waals surface area contributed by atoms with Crippen LogP contribution in [0.25, 0.3) is 22.0 Å². The minimum absolute atomic E-state index is 0.0111. The van der Waals surface area contributed by atoms with Crippen LogP contribution >= 0.6 is 0 Å². The molecule has 0 spiro atoms. The van der Waals surface area contributed by atoms with E-state index < -0.39 is 12.2 Å². The first-order valence-electron chi connectivity index (χ1n) is 12.9. The van der Waals surface area contributed by atoms with Gasteiger partial charge in [0.05, 0.1) is 18.8 Å². The molecule has 0 saturated carbocycles. The topological polar surface area (TPSA) is 121 Å². The number of methoxy groups -OCH3 is 1. The van der Waals surface area contributed by atoms with Crippen molar-refractivity contribution < 1.29 is 24.2 Å². The Morgan fingerprint density at radius 1 is 1.10 bits per heavy atom. The fourth-order valence-corrected chi connectivity index (χ4v) is 5.20. The molecule has 11 nitrogen and oxygen atoms in total. The highest BCUT2D eigenvalue weighted by Gasteiger charge is 2.34. The van der Waals surface area contributed by atoms with Gasteiger partial charge in [-0.2, -0.15) is 5.10 Å². The Labute approximate surface area is 226 Å². The molecule has 3 heterocycles. The van der Waals surface area contributed by atoms with Crippen molar-refractivity contribution in [2.75, 3.05) is 40.0 Å². The summed E-state index contributed by atoms with van der Waals surface area (Å²) in [6.07, 6.45) is 0.852. The maximum absolute atomic E-state index is 13.4. The number of hydrogen-bond acceptors (Lipinski definition) is 7. The molecular formula is C28H32N6O5. The van der Waals surface area contributed by atoms with E-state index in [0.717, 1.165) is 27.6 Å². The summed E-state index contributed by atoms with van der Waals surface area (Å²) < 4.78 is 6.67. The van der Waals surface area contributed by atoms with Crippen LogP contribution in [-0.4, -0.2) is 99.4 Å². The quantitative estimate of drug-likeness (QED) is 0.537. The second-order valence-electron chi connectivity index (χ2n) is 10.0. The summed E-state index contributed by atoms with van der Waals surface area (Å²) in [5, 5.41) is 15.1. The van der Waals surface area contributed by atoms with Crippen LogP contribution in [0.5, 0.6) is 0 Å². The van der Waals surface area contributed by atoms with Crippen molar-refractivity contribution in [3.8, 4) is 11.1 Å². The Balaban J connectivity index is 1.41. The molecule has 2 aliphatic rings. The molecule has 5 rings (SSSR count). The molecule has 2 atom stereocenters. The summed E-state index contributed by atoms with van der Waals surface area (Å²) in [7, 11) is 3.18. The Kier molecular flexibility index (Phi) is 7.34. The maximum Gasteiger partial charge on any atom is 0.411 e. The van der Waals surface area contributed by atoms with Crippen molar-refractivity contribution in [2.24, 2.45) is 18.0 Å². The van der Waals surface area contributed by atoms with Crippen molar-refractivity contribution in [2.45, 2.75) is 19.4 Å². The third kappa shape index (κ3) is 5.35. The first-order chi connectivity index (χ1) is 18.7. The first kappa shape index (κ1) is 26.4. The number of amidine groups is 1. The van der Waals surface area contributed by atoms with Crippen molar-refractivity contribution in [3.63, 3.8) is 0 Å². The highest BCUT2D eigenvalue weighted by molar-refractivity contribution is 6.09. The highest BCUT2D eigenvalue weighted by atomic mass is 16.5. The highest BCUT2D eigenvalue weighted by Crippen LogP contribution is 2.26. The maximum atomic E-state index is 13.4. The van der Waals surface area contributed by atoms with Gasteiger partial charge in [0.2, 0.25) is 5.91 Å². The van der Waals surface area contributed by atoms with Gasteiger partial charge in [-0.3, -0.25) is 24.1 Å². The van der Waals surface area contributed by atoms with E-state index in [2.05, 4.69) is 16.2 Å². The van der Waals surface area contributed by atoms with Crippen molar-refractivity contribution in [3.05, 3.63) is 54.2 Å². The van der Waals surface area contributed by atoms with Gasteiger partial charge in [-0.25, -0.2) is 9.79 Å². The monoisotopic (exact) mass is 532 g/mol. The number of aliphatic hydroxyl groups excluding tert-OH is 1. The zero-order chi connectivity index (χ0) is 27.7. The number of likely N-dealkylation sites (tertiary alicyclic amines) is 1. The minimum Gasteiger partial charge on any atom is -0.453 e. The number of benzene rings is 2. The molecule has 2 aliphatic heterocycles. The molecule has 1 fully saturated rings. The van der Waals surface area contributed by atoms with Gasteiger partial charge in [-0.15, -0.1) is 0 Å². The van der Waals surface area contributed by atoms with Crippen molar-refractivity contribution in [1.29, 1.82) is 0 Å². The lowest BCUT2D eigenvalue weighted by Gasteiger charge is -2.27. The molecule has 39 heavy (non-hydrogen) atoms. The van der Waals surface area contributed by atoms with E-state index in [1.807, 2.05) is 54.3 Å². The van der Waals surface area contributed by atoms with Gasteiger partial charge < -0.3 is 14.7 Å². The number of aromatic nitrogens is 2. The minimum atomic E-state index is -1.06. The normalized spacial score (nSPS) is 18.8. The van der Waals surface area contributed by atoms with Crippen LogP contribution in [0.15, 0.2) is 53.7 Å². The van der Waals surface area contributed by atoms with E-state index >= 15 is 0 Å². The molecule has 0 radical (unpaired) electrons. The fourth-order valence-electron chi connectivity index (χ4n) is 5.20. The van der Waals surface area contributed by atoms with E-state index in [1.165, 1.54) is 18.9 Å². The SMILES string of the molecule is COC(=O)N1CN=C(c2ccc(-c3ccc4c(cnn4C)c3)cc2)N(CC2CCN(C(=O)C(C)O)C2)C(=O)C1. The smallest absolute Gasteiger partial charge is 0.411 e. The summed E-state index contributed by atoms with van der Waals surface area (Å²) in [6.45, 7) is 2.59. The van der Waals surface area contributed by atoms with Crippen LogP contribution in [0, 0.1) is 5.92 Å². The molecule has 204 valence electrons. The number of ether oxygens (including phenoxy) is 1. The van der Waals surface area contributed by atoms with Crippen LogP contribution in [0.2, 0.25) is 0 Å². The molecule has 11 heteroatoms. The summed E-state index contributed by atoms with van der Waals surface area (Å²) in [5.41, 5.74) is 3.85. The number of aryl methyl sites for hydroxylation is 1. The second-order valence-corrected chi connectivity index (χ2v) is 10.0. The van der Waals surface area contributed by atoms with E-state index in [-0.39, 0.29) is 30.9 Å². The average Bonchev–Trinajstić information content (AvgIpc) is 3.52. The Morgan fingerprint density at radius 3 is 2.54 bits per heavy atom. The molecule has 1 saturated heterocycles. The Bertz CT molecular complexity index is 1430. The summed E-state index contributed by atoms with van der Waals surface area (Å²) in [5.74, 6) is -0.105.